The molecule has 2 nitrogen and oxygen atoms in total. The summed E-state index contributed by atoms with van der Waals surface area (Å²) >= 11 is 0. The summed E-state index contributed by atoms with van der Waals surface area (Å²) in [6.07, 6.45) is 0. The van der Waals surface area contributed by atoms with Gasteiger partial charge in [0, 0.05) is 38.8 Å². The van der Waals surface area contributed by atoms with Crippen LogP contribution in [0.2, 0.25) is 0 Å². The maximum atomic E-state index is 2.48. The number of hydrogen-bond donors (Lipinski definition) is 0. The highest BCUT2D eigenvalue weighted by Crippen LogP contribution is 2.46. The maximum absolute atomic E-state index is 2.48. The van der Waals surface area contributed by atoms with Crippen LogP contribution in [0.25, 0.3) is 71.6 Å². The van der Waals surface area contributed by atoms with Gasteiger partial charge in [-0.2, -0.15) is 0 Å². The van der Waals surface area contributed by atoms with Crippen molar-refractivity contribution in [1.82, 2.24) is 4.57 Å². The van der Waals surface area contributed by atoms with E-state index in [4.69, 9.17) is 0 Å². The van der Waals surface area contributed by atoms with Gasteiger partial charge < -0.3 is 9.47 Å². The van der Waals surface area contributed by atoms with Gasteiger partial charge >= 0.3 is 0 Å². The highest BCUT2D eigenvalue weighted by molar-refractivity contribution is 6.18. The molecule has 0 N–H and O–H groups in total. The van der Waals surface area contributed by atoms with Gasteiger partial charge in [0.05, 0.1) is 16.9 Å². The molecule has 0 aliphatic heterocycles. The second-order valence-corrected chi connectivity index (χ2v) is 13.7. The number of fused-ring (bicyclic) bond motifs is 4. The Kier molecular flexibility index (Phi) is 7.85. The first kappa shape index (κ1) is 31.6. The van der Waals surface area contributed by atoms with Crippen LogP contribution in [0.5, 0.6) is 0 Å². The molecule has 0 saturated heterocycles. The Morgan fingerprint density at radius 2 is 0.889 bits per heavy atom. The van der Waals surface area contributed by atoms with E-state index in [-0.39, 0.29) is 0 Å². The molecule has 10 rings (SSSR count). The second kappa shape index (κ2) is 13.4. The summed E-state index contributed by atoms with van der Waals surface area (Å²) in [6.45, 7) is 0. The largest absolute Gasteiger partial charge is 0.310 e. The lowest BCUT2D eigenvalue weighted by molar-refractivity contribution is 1.14. The van der Waals surface area contributed by atoms with Crippen LogP contribution in [0.1, 0.15) is 0 Å². The van der Waals surface area contributed by atoms with E-state index in [1.807, 2.05) is 0 Å². The van der Waals surface area contributed by atoms with E-state index in [1.165, 1.54) is 66.0 Å². The maximum Gasteiger partial charge on any atom is 0.0620 e. The smallest absolute Gasteiger partial charge is 0.0620 e. The first-order valence-corrected chi connectivity index (χ1v) is 18.5. The van der Waals surface area contributed by atoms with Crippen molar-refractivity contribution in [1.29, 1.82) is 0 Å². The topological polar surface area (TPSA) is 8.17 Å². The first-order valence-electron chi connectivity index (χ1n) is 18.5. The Bertz CT molecular complexity index is 2890. The molecule has 0 bridgehead atoms. The van der Waals surface area contributed by atoms with Crippen LogP contribution < -0.4 is 4.90 Å². The van der Waals surface area contributed by atoms with E-state index in [9.17, 15) is 0 Å². The fourth-order valence-corrected chi connectivity index (χ4v) is 8.19. The molecule has 1 heterocycles. The molecule has 0 atom stereocenters. The van der Waals surface area contributed by atoms with E-state index in [1.54, 1.807) is 0 Å². The van der Waals surface area contributed by atoms with Gasteiger partial charge in [-0.05, 0) is 75.5 Å². The van der Waals surface area contributed by atoms with Gasteiger partial charge in [0.25, 0.3) is 0 Å². The average molecular weight is 689 g/mol. The van der Waals surface area contributed by atoms with Gasteiger partial charge in [-0.3, -0.25) is 0 Å². The number of aromatic nitrogens is 1. The minimum Gasteiger partial charge on any atom is -0.310 e. The molecule has 0 aliphatic rings. The monoisotopic (exact) mass is 688 g/mol. The molecule has 0 saturated carbocycles. The molecule has 10 aromatic rings. The molecule has 0 amide bonds. The zero-order chi connectivity index (χ0) is 35.8. The van der Waals surface area contributed by atoms with Crippen LogP contribution in [-0.4, -0.2) is 4.57 Å². The van der Waals surface area contributed by atoms with Gasteiger partial charge in [-0.25, -0.2) is 0 Å². The standard InChI is InChI=1S/C52H36N2/c1-5-18-39(19-6-1)50-48-36-35-46-44(28-16-29-47(46)52(48)54(42-25-11-4-12-26-42)51(50)40-20-7-2-8-21-40)38-31-33-43(34-32-38)53(41-23-9-3-10-24-41)49-30-15-22-37-17-13-14-27-45(37)49/h1-36H. The third kappa shape index (κ3) is 5.36. The Hall–Kier alpha value is -7.16. The summed E-state index contributed by atoms with van der Waals surface area (Å²) in [6, 6.07) is 78.7. The molecule has 0 unspecified atom stereocenters. The van der Waals surface area contributed by atoms with Gasteiger partial charge in [-0.15, -0.1) is 0 Å². The van der Waals surface area contributed by atoms with Gasteiger partial charge in [-0.1, -0.05) is 176 Å². The summed E-state index contributed by atoms with van der Waals surface area (Å²) < 4.78 is 2.48. The molecule has 0 radical (unpaired) electrons. The second-order valence-electron chi connectivity index (χ2n) is 13.7. The first-order chi connectivity index (χ1) is 26.8. The summed E-state index contributed by atoms with van der Waals surface area (Å²) in [4.78, 5) is 2.36. The van der Waals surface area contributed by atoms with Gasteiger partial charge in [0.15, 0.2) is 0 Å². The van der Waals surface area contributed by atoms with Crippen molar-refractivity contribution >= 4 is 49.5 Å². The number of para-hydroxylation sites is 2. The zero-order valence-corrected chi connectivity index (χ0v) is 29.7. The SMILES string of the molecule is c1ccc(-c2c(-c3ccccc3)n(-c3ccccc3)c3c2ccc2c(-c4ccc(N(c5ccccc5)c5cccc6ccccc56)cc4)cccc23)cc1. The normalized spacial score (nSPS) is 11.3. The third-order valence-electron chi connectivity index (χ3n) is 10.6. The lowest BCUT2D eigenvalue weighted by Crippen LogP contribution is -2.10. The molecule has 1 aromatic heterocycles. The molecular weight excluding hydrogens is 653 g/mol. The van der Waals surface area contributed by atoms with Crippen LogP contribution >= 0.6 is 0 Å². The number of anilines is 3. The molecular formula is C52H36N2. The Labute approximate surface area is 315 Å². The van der Waals surface area contributed by atoms with Crippen molar-refractivity contribution in [3.63, 3.8) is 0 Å². The van der Waals surface area contributed by atoms with Crippen molar-refractivity contribution in [3.05, 3.63) is 218 Å². The molecule has 0 spiro atoms. The van der Waals surface area contributed by atoms with Crippen molar-refractivity contribution in [3.8, 4) is 39.2 Å². The molecule has 0 aliphatic carbocycles. The third-order valence-corrected chi connectivity index (χ3v) is 10.6. The summed E-state index contributed by atoms with van der Waals surface area (Å²) in [7, 11) is 0. The lowest BCUT2D eigenvalue weighted by atomic mass is 9.94. The summed E-state index contributed by atoms with van der Waals surface area (Å²) in [5.41, 5.74) is 13.0. The number of benzene rings is 9. The Morgan fingerprint density at radius 3 is 1.63 bits per heavy atom. The van der Waals surface area contributed by atoms with E-state index in [0.29, 0.717) is 0 Å². The highest BCUT2D eigenvalue weighted by atomic mass is 15.1. The number of nitrogens with zero attached hydrogens (tertiary/aromatic N) is 2. The van der Waals surface area contributed by atoms with Crippen molar-refractivity contribution < 1.29 is 0 Å². The van der Waals surface area contributed by atoms with Crippen molar-refractivity contribution in [2.45, 2.75) is 0 Å². The Balaban J connectivity index is 1.18. The molecule has 54 heavy (non-hydrogen) atoms. The molecule has 2 heteroatoms. The van der Waals surface area contributed by atoms with E-state index in [0.717, 1.165) is 22.7 Å². The molecule has 0 fully saturated rings. The van der Waals surface area contributed by atoms with Gasteiger partial charge in [0.1, 0.15) is 0 Å². The van der Waals surface area contributed by atoms with Gasteiger partial charge in [0.2, 0.25) is 0 Å². The van der Waals surface area contributed by atoms with Crippen LogP contribution in [0.15, 0.2) is 218 Å². The fourth-order valence-electron chi connectivity index (χ4n) is 8.19. The van der Waals surface area contributed by atoms with Crippen LogP contribution in [0.3, 0.4) is 0 Å². The lowest BCUT2D eigenvalue weighted by Gasteiger charge is -2.27. The van der Waals surface area contributed by atoms with E-state index in [2.05, 4.69) is 228 Å². The van der Waals surface area contributed by atoms with Crippen molar-refractivity contribution in [2.24, 2.45) is 0 Å². The quantitative estimate of drug-likeness (QED) is 0.162. The van der Waals surface area contributed by atoms with E-state index < -0.39 is 0 Å². The molecule has 254 valence electrons. The fraction of sp³-hybridized carbons (Fsp3) is 0. The van der Waals surface area contributed by atoms with Crippen LogP contribution in [0, 0.1) is 0 Å². The highest BCUT2D eigenvalue weighted by Gasteiger charge is 2.23. The van der Waals surface area contributed by atoms with Crippen molar-refractivity contribution in [2.75, 3.05) is 4.90 Å². The number of hydrogen-bond acceptors (Lipinski definition) is 1. The minimum absolute atomic E-state index is 1.11. The Morgan fingerprint density at radius 1 is 0.333 bits per heavy atom. The predicted molar refractivity (Wildman–Crippen MR) is 229 cm³/mol. The minimum atomic E-state index is 1.11. The van der Waals surface area contributed by atoms with Crippen LogP contribution in [-0.2, 0) is 0 Å². The summed E-state index contributed by atoms with van der Waals surface area (Å²) in [5.74, 6) is 0. The summed E-state index contributed by atoms with van der Waals surface area (Å²) in [5, 5.41) is 6.12. The molecule has 9 aromatic carbocycles. The zero-order valence-electron chi connectivity index (χ0n) is 29.7. The average Bonchev–Trinajstić information content (AvgIpc) is 3.61. The van der Waals surface area contributed by atoms with Crippen LogP contribution in [0.4, 0.5) is 17.1 Å². The number of rotatable bonds is 7. The van der Waals surface area contributed by atoms with E-state index >= 15 is 0 Å². The predicted octanol–water partition coefficient (Wildman–Crippen LogP) is 14.4.